The Bertz CT molecular complexity index is 650. The minimum atomic E-state index is -0.721. The largest absolute Gasteiger partial charge is 0.491 e. The molecule has 6 heteroatoms. The number of aliphatic hydroxyl groups is 1. The van der Waals surface area contributed by atoms with Crippen molar-refractivity contribution < 1.29 is 9.84 Å². The van der Waals surface area contributed by atoms with Crippen LogP contribution < -0.4 is 10.1 Å². The van der Waals surface area contributed by atoms with Crippen LogP contribution in [-0.4, -0.2) is 27.7 Å². The summed E-state index contributed by atoms with van der Waals surface area (Å²) in [6.45, 7) is 4.15. The number of nitriles is 1. The summed E-state index contributed by atoms with van der Waals surface area (Å²) in [6.07, 6.45) is 2.33. The van der Waals surface area contributed by atoms with Gasteiger partial charge in [0.25, 0.3) is 0 Å². The Morgan fingerprint density at radius 3 is 2.55 bits per heavy atom. The highest BCUT2D eigenvalue weighted by Gasteiger charge is 2.10. The third kappa shape index (κ3) is 4.17. The van der Waals surface area contributed by atoms with Gasteiger partial charge in [-0.25, -0.2) is 9.97 Å². The van der Waals surface area contributed by atoms with Crippen molar-refractivity contribution >= 4 is 5.82 Å². The molecule has 114 valence electrons. The van der Waals surface area contributed by atoms with Gasteiger partial charge in [-0.05, 0) is 31.5 Å². The minimum Gasteiger partial charge on any atom is -0.491 e. The van der Waals surface area contributed by atoms with Crippen LogP contribution in [0.4, 0.5) is 5.82 Å². The Kier molecular flexibility index (Phi) is 5.28. The molecule has 0 aliphatic rings. The molecule has 0 saturated carbocycles. The van der Waals surface area contributed by atoms with Crippen LogP contribution in [0.25, 0.3) is 0 Å². The molecule has 2 N–H and O–H groups in total. The fourth-order valence-corrected chi connectivity index (χ4v) is 1.90. The first-order chi connectivity index (χ1) is 10.6. The number of nitrogens with zero attached hydrogens (tertiary/aromatic N) is 3. The van der Waals surface area contributed by atoms with Crippen molar-refractivity contribution in [3.05, 3.63) is 47.9 Å². The average Bonchev–Trinajstić information content (AvgIpc) is 2.53. The summed E-state index contributed by atoms with van der Waals surface area (Å²) in [5.74, 6) is 1.13. The van der Waals surface area contributed by atoms with E-state index in [9.17, 15) is 5.11 Å². The number of aliphatic hydroxyl groups excluding tert-OH is 1. The van der Waals surface area contributed by atoms with Gasteiger partial charge in [-0.15, -0.1) is 0 Å². The van der Waals surface area contributed by atoms with Gasteiger partial charge in [-0.2, -0.15) is 5.26 Å². The second kappa shape index (κ2) is 7.38. The molecule has 2 aromatic rings. The Hall–Kier alpha value is -2.65. The lowest BCUT2D eigenvalue weighted by molar-refractivity contribution is 0.191. The lowest BCUT2D eigenvalue weighted by Gasteiger charge is -2.14. The first kappa shape index (κ1) is 15.7. The maximum absolute atomic E-state index is 10.2. The van der Waals surface area contributed by atoms with Crippen LogP contribution in [-0.2, 0) is 0 Å². The molecule has 1 heterocycles. The normalized spacial score (nSPS) is 11.8. The van der Waals surface area contributed by atoms with Crippen molar-refractivity contribution in [3.8, 4) is 11.8 Å². The zero-order chi connectivity index (χ0) is 15.9. The van der Waals surface area contributed by atoms with E-state index in [1.807, 2.05) is 44.2 Å². The van der Waals surface area contributed by atoms with E-state index < -0.39 is 6.10 Å². The molecule has 2 rings (SSSR count). The SMILES string of the molecule is CC(C)Oc1ccc([C@H](O)CNc2nccnc2C#N)cc1. The van der Waals surface area contributed by atoms with Gasteiger partial charge < -0.3 is 15.2 Å². The lowest BCUT2D eigenvalue weighted by atomic mass is 10.1. The maximum Gasteiger partial charge on any atom is 0.182 e. The van der Waals surface area contributed by atoms with E-state index in [0.29, 0.717) is 5.82 Å². The zero-order valence-corrected chi connectivity index (χ0v) is 12.5. The van der Waals surface area contributed by atoms with E-state index in [1.165, 1.54) is 12.4 Å². The van der Waals surface area contributed by atoms with E-state index in [4.69, 9.17) is 10.00 Å². The van der Waals surface area contributed by atoms with Crippen molar-refractivity contribution in [2.75, 3.05) is 11.9 Å². The van der Waals surface area contributed by atoms with Crippen molar-refractivity contribution in [1.82, 2.24) is 9.97 Å². The third-order valence-electron chi connectivity index (χ3n) is 2.90. The number of anilines is 1. The van der Waals surface area contributed by atoms with Gasteiger partial charge in [0.1, 0.15) is 11.8 Å². The van der Waals surface area contributed by atoms with E-state index in [-0.39, 0.29) is 18.3 Å². The van der Waals surface area contributed by atoms with Gasteiger partial charge >= 0.3 is 0 Å². The Labute approximate surface area is 129 Å². The molecule has 1 atom stereocenters. The van der Waals surface area contributed by atoms with Gasteiger partial charge in [0.2, 0.25) is 0 Å². The van der Waals surface area contributed by atoms with E-state index >= 15 is 0 Å². The van der Waals surface area contributed by atoms with Crippen molar-refractivity contribution in [3.63, 3.8) is 0 Å². The summed E-state index contributed by atoms with van der Waals surface area (Å²) >= 11 is 0. The molecule has 0 radical (unpaired) electrons. The number of ether oxygens (including phenoxy) is 1. The van der Waals surface area contributed by atoms with E-state index in [1.54, 1.807) is 0 Å². The van der Waals surface area contributed by atoms with Crippen LogP contribution in [0, 0.1) is 11.3 Å². The fraction of sp³-hybridized carbons (Fsp3) is 0.312. The van der Waals surface area contributed by atoms with Crippen molar-refractivity contribution in [2.24, 2.45) is 0 Å². The summed E-state index contributed by atoms with van der Waals surface area (Å²) in [4.78, 5) is 7.94. The molecule has 0 spiro atoms. The van der Waals surface area contributed by atoms with E-state index in [2.05, 4.69) is 15.3 Å². The van der Waals surface area contributed by atoms with Gasteiger partial charge in [0, 0.05) is 18.9 Å². The van der Waals surface area contributed by atoms with Crippen LogP contribution in [0.15, 0.2) is 36.7 Å². The number of hydrogen-bond acceptors (Lipinski definition) is 6. The first-order valence-corrected chi connectivity index (χ1v) is 7.00. The predicted octanol–water partition coefficient (Wildman–Crippen LogP) is 2.28. The molecule has 0 aliphatic heterocycles. The molecule has 0 bridgehead atoms. The molecule has 6 nitrogen and oxygen atoms in total. The molecular formula is C16H18N4O2. The number of nitrogens with one attached hydrogen (secondary N) is 1. The summed E-state index contributed by atoms with van der Waals surface area (Å²) in [7, 11) is 0. The molecule has 0 aliphatic carbocycles. The van der Waals surface area contributed by atoms with Gasteiger partial charge in [0.15, 0.2) is 11.5 Å². The predicted molar refractivity (Wildman–Crippen MR) is 82.4 cm³/mol. The van der Waals surface area contributed by atoms with Gasteiger partial charge in [-0.1, -0.05) is 12.1 Å². The van der Waals surface area contributed by atoms with Gasteiger partial charge in [-0.3, -0.25) is 0 Å². The monoisotopic (exact) mass is 298 g/mol. The molecule has 0 amide bonds. The number of rotatable bonds is 6. The summed E-state index contributed by atoms with van der Waals surface area (Å²) in [5, 5.41) is 22.0. The van der Waals surface area contributed by atoms with E-state index in [0.717, 1.165) is 11.3 Å². The molecular weight excluding hydrogens is 280 g/mol. The molecule has 1 aromatic carbocycles. The quantitative estimate of drug-likeness (QED) is 0.850. The summed E-state index contributed by atoms with van der Waals surface area (Å²) in [5.41, 5.74) is 0.960. The number of benzene rings is 1. The van der Waals surface area contributed by atoms with Crippen LogP contribution in [0.1, 0.15) is 31.2 Å². The minimum absolute atomic E-state index is 0.110. The smallest absolute Gasteiger partial charge is 0.182 e. The Morgan fingerprint density at radius 1 is 1.23 bits per heavy atom. The average molecular weight is 298 g/mol. The van der Waals surface area contributed by atoms with Crippen LogP contribution in [0.5, 0.6) is 5.75 Å². The third-order valence-corrected chi connectivity index (χ3v) is 2.90. The van der Waals surface area contributed by atoms with Crippen molar-refractivity contribution in [2.45, 2.75) is 26.1 Å². The standard InChI is InChI=1S/C16H18N4O2/c1-11(2)22-13-5-3-12(4-6-13)15(21)10-20-16-14(9-17)18-7-8-19-16/h3-8,11,15,21H,10H2,1-2H3,(H,19,20)/t15-/m1/s1. The topological polar surface area (TPSA) is 91.1 Å². The first-order valence-electron chi connectivity index (χ1n) is 7.00. The highest BCUT2D eigenvalue weighted by Crippen LogP contribution is 2.19. The Morgan fingerprint density at radius 2 is 1.91 bits per heavy atom. The molecule has 1 aromatic heterocycles. The Balaban J connectivity index is 1.97. The number of hydrogen-bond donors (Lipinski definition) is 2. The van der Waals surface area contributed by atoms with Crippen LogP contribution >= 0.6 is 0 Å². The highest BCUT2D eigenvalue weighted by atomic mass is 16.5. The number of aromatic nitrogens is 2. The summed E-state index contributed by atoms with van der Waals surface area (Å²) in [6, 6.07) is 9.22. The zero-order valence-electron chi connectivity index (χ0n) is 12.5. The second-order valence-corrected chi connectivity index (χ2v) is 5.00. The maximum atomic E-state index is 10.2. The summed E-state index contributed by atoms with van der Waals surface area (Å²) < 4.78 is 5.56. The van der Waals surface area contributed by atoms with Gasteiger partial charge in [0.05, 0.1) is 12.2 Å². The van der Waals surface area contributed by atoms with Crippen LogP contribution in [0.3, 0.4) is 0 Å². The molecule has 0 fully saturated rings. The lowest BCUT2D eigenvalue weighted by Crippen LogP contribution is -2.14. The second-order valence-electron chi connectivity index (χ2n) is 5.00. The molecule has 0 unspecified atom stereocenters. The van der Waals surface area contributed by atoms with Crippen molar-refractivity contribution in [1.29, 1.82) is 5.26 Å². The van der Waals surface area contributed by atoms with Crippen LogP contribution in [0.2, 0.25) is 0 Å². The highest BCUT2D eigenvalue weighted by molar-refractivity contribution is 5.46. The molecule has 0 saturated heterocycles. The fourth-order valence-electron chi connectivity index (χ4n) is 1.90. The molecule has 22 heavy (non-hydrogen) atoms.